The zero-order chi connectivity index (χ0) is 16.2. The van der Waals surface area contributed by atoms with Gasteiger partial charge >= 0.3 is 0 Å². The molecular weight excluding hydrogens is 330 g/mol. The fourth-order valence-corrected chi connectivity index (χ4v) is 3.34. The molecule has 4 nitrogen and oxygen atoms in total. The molecule has 23 heavy (non-hydrogen) atoms. The van der Waals surface area contributed by atoms with E-state index in [2.05, 4.69) is 16.0 Å². The van der Waals surface area contributed by atoms with E-state index >= 15 is 0 Å². The molecule has 0 saturated carbocycles. The Balaban J connectivity index is 1.92. The molecule has 0 aliphatic rings. The van der Waals surface area contributed by atoms with Crippen LogP contribution in [-0.4, -0.2) is 15.8 Å². The van der Waals surface area contributed by atoms with Gasteiger partial charge in [-0.2, -0.15) is 5.26 Å². The van der Waals surface area contributed by atoms with Gasteiger partial charge in [0.1, 0.15) is 17.3 Å². The maximum atomic E-state index is 12.4. The quantitative estimate of drug-likeness (QED) is 0.676. The first-order valence-electron chi connectivity index (χ1n) is 6.74. The van der Waals surface area contributed by atoms with E-state index in [-0.39, 0.29) is 5.78 Å². The Labute approximate surface area is 142 Å². The van der Waals surface area contributed by atoms with Crippen LogP contribution >= 0.6 is 22.9 Å². The van der Waals surface area contributed by atoms with Crippen LogP contribution in [0.1, 0.15) is 31.2 Å². The number of hydrogen-bond donors (Lipinski definition) is 0. The van der Waals surface area contributed by atoms with Gasteiger partial charge in [-0.05, 0) is 35.7 Å². The number of carbonyl (C=O) groups excluding carboxylic acids is 1. The molecule has 0 atom stereocenters. The standard InChI is InChI=1S/C17H10ClN3OS/c18-14-3-1-2-11(5-14)4-12-6-15(23-16(12)7-19)17(22)13-8-20-10-21-9-13/h1-3,5-6,8-10H,4H2. The zero-order valence-corrected chi connectivity index (χ0v) is 13.4. The largest absolute Gasteiger partial charge is 0.288 e. The lowest BCUT2D eigenvalue weighted by Gasteiger charge is -2.00. The SMILES string of the molecule is N#Cc1sc(C(=O)c2cncnc2)cc1Cc1cccc(Cl)c1. The third-order valence-electron chi connectivity index (χ3n) is 3.24. The summed E-state index contributed by atoms with van der Waals surface area (Å²) < 4.78 is 0. The Bertz CT molecular complexity index is 900. The first kappa shape index (κ1) is 15.3. The number of aromatic nitrogens is 2. The van der Waals surface area contributed by atoms with Crippen LogP contribution < -0.4 is 0 Å². The highest BCUT2D eigenvalue weighted by atomic mass is 35.5. The van der Waals surface area contributed by atoms with E-state index in [0.29, 0.717) is 26.8 Å². The number of hydrogen-bond acceptors (Lipinski definition) is 5. The molecule has 0 radical (unpaired) electrons. The van der Waals surface area contributed by atoms with Gasteiger partial charge in [0.25, 0.3) is 0 Å². The molecule has 1 aromatic carbocycles. The molecule has 0 unspecified atom stereocenters. The van der Waals surface area contributed by atoms with E-state index in [1.165, 1.54) is 30.1 Å². The molecule has 3 aromatic rings. The molecule has 3 rings (SSSR count). The molecule has 0 aliphatic carbocycles. The molecule has 0 fully saturated rings. The lowest BCUT2D eigenvalue weighted by atomic mass is 10.0. The average molecular weight is 340 g/mol. The second-order valence-electron chi connectivity index (χ2n) is 4.84. The van der Waals surface area contributed by atoms with Crippen LogP contribution in [0.2, 0.25) is 5.02 Å². The summed E-state index contributed by atoms with van der Waals surface area (Å²) in [6.45, 7) is 0. The number of benzene rings is 1. The molecule has 0 bridgehead atoms. The first-order chi connectivity index (χ1) is 11.2. The number of rotatable bonds is 4. The van der Waals surface area contributed by atoms with Gasteiger partial charge < -0.3 is 0 Å². The van der Waals surface area contributed by atoms with Crippen molar-refractivity contribution in [2.45, 2.75) is 6.42 Å². The van der Waals surface area contributed by atoms with Gasteiger partial charge in [0.2, 0.25) is 5.78 Å². The van der Waals surface area contributed by atoms with Crippen LogP contribution in [0.3, 0.4) is 0 Å². The minimum atomic E-state index is -0.176. The molecule has 0 spiro atoms. The van der Waals surface area contributed by atoms with E-state index in [1.54, 1.807) is 12.1 Å². The van der Waals surface area contributed by atoms with E-state index < -0.39 is 0 Å². The Hall–Kier alpha value is -2.55. The molecule has 6 heteroatoms. The van der Waals surface area contributed by atoms with Gasteiger partial charge in [0.15, 0.2) is 0 Å². The molecule has 2 heterocycles. The number of ketones is 1. The second-order valence-corrected chi connectivity index (χ2v) is 6.33. The van der Waals surface area contributed by atoms with Crippen molar-refractivity contribution in [2.75, 3.05) is 0 Å². The summed E-state index contributed by atoms with van der Waals surface area (Å²) in [6.07, 6.45) is 4.87. The van der Waals surface area contributed by atoms with Gasteiger partial charge in [-0.15, -0.1) is 11.3 Å². The van der Waals surface area contributed by atoms with Crippen molar-refractivity contribution in [3.63, 3.8) is 0 Å². The van der Waals surface area contributed by atoms with Crippen molar-refractivity contribution < 1.29 is 4.79 Å². The number of nitriles is 1. The third kappa shape index (κ3) is 3.45. The van der Waals surface area contributed by atoms with Crippen LogP contribution in [0, 0.1) is 11.3 Å². The van der Waals surface area contributed by atoms with Crippen LogP contribution in [0.15, 0.2) is 49.1 Å². The molecule has 2 aromatic heterocycles. The topological polar surface area (TPSA) is 66.6 Å². The van der Waals surface area contributed by atoms with Crippen LogP contribution in [-0.2, 0) is 6.42 Å². The van der Waals surface area contributed by atoms with Crippen molar-refractivity contribution >= 4 is 28.7 Å². The summed E-state index contributed by atoms with van der Waals surface area (Å²) in [7, 11) is 0. The van der Waals surface area contributed by atoms with Gasteiger partial charge in [-0.1, -0.05) is 23.7 Å². The van der Waals surface area contributed by atoms with E-state index in [1.807, 2.05) is 18.2 Å². The highest BCUT2D eigenvalue weighted by Crippen LogP contribution is 2.26. The van der Waals surface area contributed by atoms with E-state index in [0.717, 1.165) is 11.1 Å². The molecule has 0 amide bonds. The molecular formula is C17H10ClN3OS. The summed E-state index contributed by atoms with van der Waals surface area (Å²) in [5.74, 6) is -0.176. The van der Waals surface area contributed by atoms with Crippen molar-refractivity contribution in [1.29, 1.82) is 5.26 Å². The minimum absolute atomic E-state index is 0.176. The Morgan fingerprint density at radius 1 is 1.26 bits per heavy atom. The maximum absolute atomic E-state index is 12.4. The van der Waals surface area contributed by atoms with E-state index in [9.17, 15) is 10.1 Å². The molecule has 0 N–H and O–H groups in total. The van der Waals surface area contributed by atoms with Gasteiger partial charge in [-0.3, -0.25) is 4.79 Å². The summed E-state index contributed by atoms with van der Waals surface area (Å²) in [5.41, 5.74) is 2.22. The summed E-state index contributed by atoms with van der Waals surface area (Å²) in [6, 6.07) is 11.4. The number of thiophene rings is 1. The molecule has 0 aliphatic heterocycles. The second kappa shape index (κ2) is 6.69. The van der Waals surface area contributed by atoms with Crippen molar-refractivity contribution in [3.05, 3.63) is 80.5 Å². The number of nitrogens with zero attached hydrogens (tertiary/aromatic N) is 3. The third-order valence-corrected chi connectivity index (χ3v) is 4.56. The normalized spacial score (nSPS) is 10.3. The summed E-state index contributed by atoms with van der Waals surface area (Å²) >= 11 is 7.18. The van der Waals surface area contributed by atoms with E-state index in [4.69, 9.17) is 11.6 Å². The molecule has 0 saturated heterocycles. The smallest absolute Gasteiger partial charge is 0.206 e. The van der Waals surface area contributed by atoms with Crippen LogP contribution in [0.5, 0.6) is 0 Å². The molecule has 112 valence electrons. The van der Waals surface area contributed by atoms with Crippen molar-refractivity contribution in [3.8, 4) is 6.07 Å². The summed E-state index contributed by atoms with van der Waals surface area (Å²) in [4.78, 5) is 21.2. The predicted octanol–water partition coefficient (Wildman–Crippen LogP) is 3.88. The highest BCUT2D eigenvalue weighted by Gasteiger charge is 2.17. The Kier molecular flexibility index (Phi) is 4.47. The maximum Gasteiger partial charge on any atom is 0.206 e. The fraction of sp³-hybridized carbons (Fsp3) is 0.0588. The average Bonchev–Trinajstić information content (AvgIpc) is 2.98. The van der Waals surface area contributed by atoms with Crippen molar-refractivity contribution in [1.82, 2.24) is 9.97 Å². The lowest BCUT2D eigenvalue weighted by molar-refractivity contribution is 0.104. The fourth-order valence-electron chi connectivity index (χ4n) is 2.19. The van der Waals surface area contributed by atoms with Gasteiger partial charge in [0, 0.05) is 17.4 Å². The van der Waals surface area contributed by atoms with Gasteiger partial charge in [-0.25, -0.2) is 9.97 Å². The van der Waals surface area contributed by atoms with Crippen LogP contribution in [0.4, 0.5) is 0 Å². The first-order valence-corrected chi connectivity index (χ1v) is 7.94. The lowest BCUT2D eigenvalue weighted by Crippen LogP contribution is -1.99. The van der Waals surface area contributed by atoms with Gasteiger partial charge in [0.05, 0.1) is 10.4 Å². The Morgan fingerprint density at radius 2 is 2.04 bits per heavy atom. The highest BCUT2D eigenvalue weighted by molar-refractivity contribution is 7.14. The monoisotopic (exact) mass is 339 g/mol. The minimum Gasteiger partial charge on any atom is -0.288 e. The summed E-state index contributed by atoms with van der Waals surface area (Å²) in [5, 5.41) is 9.96. The Morgan fingerprint density at radius 3 is 2.74 bits per heavy atom. The van der Waals surface area contributed by atoms with Crippen LogP contribution in [0.25, 0.3) is 0 Å². The van der Waals surface area contributed by atoms with Crippen molar-refractivity contribution in [2.24, 2.45) is 0 Å². The predicted molar refractivity (Wildman–Crippen MR) is 88.8 cm³/mol. The zero-order valence-electron chi connectivity index (χ0n) is 11.9. The number of carbonyl (C=O) groups is 1. The number of halogens is 1.